The van der Waals surface area contributed by atoms with Crippen LogP contribution in [0.3, 0.4) is 0 Å². The lowest BCUT2D eigenvalue weighted by molar-refractivity contribution is -0.115. The summed E-state index contributed by atoms with van der Waals surface area (Å²) < 4.78 is 7.97. The molecular formula is C18H26N4O2S. The van der Waals surface area contributed by atoms with Crippen molar-refractivity contribution < 1.29 is 9.53 Å². The van der Waals surface area contributed by atoms with Crippen molar-refractivity contribution in [1.82, 2.24) is 14.8 Å². The van der Waals surface area contributed by atoms with Crippen LogP contribution in [0, 0.1) is 0 Å². The van der Waals surface area contributed by atoms with E-state index in [0.717, 1.165) is 11.6 Å². The standard InChI is InChI=1S/C18H26N4O2S/c1-6-22-16(20-21-17(22)25-11-15(19)23)12(2)24-14-9-7-13(8-10-14)18(3,4)5/h7-10,12H,6,11H2,1-5H3,(H2,19,23). The third kappa shape index (κ3) is 4.98. The number of thioether (sulfide) groups is 1. The number of primary amides is 1. The molecule has 0 radical (unpaired) electrons. The van der Waals surface area contributed by atoms with Crippen LogP contribution >= 0.6 is 11.8 Å². The van der Waals surface area contributed by atoms with Gasteiger partial charge in [-0.25, -0.2) is 0 Å². The number of aromatic nitrogens is 3. The summed E-state index contributed by atoms with van der Waals surface area (Å²) in [6.45, 7) is 11.2. The fourth-order valence-electron chi connectivity index (χ4n) is 2.43. The van der Waals surface area contributed by atoms with Crippen LogP contribution in [-0.2, 0) is 16.8 Å². The molecule has 0 fully saturated rings. The molecule has 1 heterocycles. The van der Waals surface area contributed by atoms with E-state index >= 15 is 0 Å². The third-order valence-corrected chi connectivity index (χ3v) is 4.79. The lowest BCUT2D eigenvalue weighted by atomic mass is 9.87. The summed E-state index contributed by atoms with van der Waals surface area (Å²) in [5, 5.41) is 9.06. The number of nitrogens with zero attached hydrogens (tertiary/aromatic N) is 3. The highest BCUT2D eigenvalue weighted by atomic mass is 32.2. The fraction of sp³-hybridized carbons (Fsp3) is 0.500. The largest absolute Gasteiger partial charge is 0.483 e. The lowest BCUT2D eigenvalue weighted by Gasteiger charge is -2.20. The number of benzene rings is 1. The molecule has 0 bridgehead atoms. The summed E-state index contributed by atoms with van der Waals surface area (Å²) in [5.74, 6) is 1.33. The van der Waals surface area contributed by atoms with Gasteiger partial charge in [0.15, 0.2) is 17.1 Å². The van der Waals surface area contributed by atoms with E-state index in [9.17, 15) is 4.79 Å². The summed E-state index contributed by atoms with van der Waals surface area (Å²) in [6.07, 6.45) is -0.254. The maximum Gasteiger partial charge on any atom is 0.227 e. The highest BCUT2D eigenvalue weighted by Gasteiger charge is 2.19. The van der Waals surface area contributed by atoms with Gasteiger partial charge < -0.3 is 15.0 Å². The Kier molecular flexibility index (Phi) is 6.11. The zero-order valence-corrected chi connectivity index (χ0v) is 16.3. The smallest absolute Gasteiger partial charge is 0.227 e. The highest BCUT2D eigenvalue weighted by molar-refractivity contribution is 7.99. The van der Waals surface area contributed by atoms with E-state index in [1.807, 2.05) is 30.5 Å². The third-order valence-electron chi connectivity index (χ3n) is 3.80. The molecule has 1 aromatic heterocycles. The molecule has 1 amide bonds. The molecule has 6 nitrogen and oxygen atoms in total. The van der Waals surface area contributed by atoms with Gasteiger partial charge in [-0.3, -0.25) is 4.79 Å². The molecule has 2 aromatic rings. The van der Waals surface area contributed by atoms with Gasteiger partial charge in [-0.1, -0.05) is 44.7 Å². The van der Waals surface area contributed by atoms with Gasteiger partial charge in [0.2, 0.25) is 5.91 Å². The summed E-state index contributed by atoms with van der Waals surface area (Å²) in [4.78, 5) is 11.0. The quantitative estimate of drug-likeness (QED) is 0.764. The number of ether oxygens (including phenoxy) is 1. The Labute approximate surface area is 153 Å². The Balaban J connectivity index is 2.12. The van der Waals surface area contributed by atoms with Crippen molar-refractivity contribution in [3.05, 3.63) is 35.7 Å². The van der Waals surface area contributed by atoms with Gasteiger partial charge in [-0.15, -0.1) is 10.2 Å². The molecule has 0 spiro atoms. The van der Waals surface area contributed by atoms with Crippen molar-refractivity contribution in [2.75, 3.05) is 5.75 Å². The van der Waals surface area contributed by atoms with Gasteiger partial charge in [0, 0.05) is 6.54 Å². The van der Waals surface area contributed by atoms with Gasteiger partial charge in [0.05, 0.1) is 5.75 Å². The average Bonchev–Trinajstić information content (AvgIpc) is 2.95. The first-order valence-electron chi connectivity index (χ1n) is 8.33. The molecule has 1 aromatic carbocycles. The normalized spacial score (nSPS) is 12.8. The lowest BCUT2D eigenvalue weighted by Crippen LogP contribution is -2.15. The second-order valence-electron chi connectivity index (χ2n) is 6.87. The van der Waals surface area contributed by atoms with Crippen molar-refractivity contribution in [2.45, 2.75) is 57.8 Å². The van der Waals surface area contributed by atoms with E-state index in [0.29, 0.717) is 11.7 Å². The first kappa shape index (κ1) is 19.3. The topological polar surface area (TPSA) is 83.0 Å². The molecule has 1 unspecified atom stereocenters. The van der Waals surface area contributed by atoms with Gasteiger partial charge in [0.25, 0.3) is 0 Å². The first-order valence-corrected chi connectivity index (χ1v) is 9.32. The van der Waals surface area contributed by atoms with Crippen LogP contribution < -0.4 is 10.5 Å². The zero-order valence-electron chi connectivity index (χ0n) is 15.4. The Morgan fingerprint density at radius 3 is 2.44 bits per heavy atom. The fourth-order valence-corrected chi connectivity index (χ4v) is 3.18. The SMILES string of the molecule is CCn1c(SCC(N)=O)nnc1C(C)Oc1ccc(C(C)(C)C)cc1. The van der Waals surface area contributed by atoms with E-state index in [1.165, 1.54) is 17.3 Å². The molecule has 0 aliphatic carbocycles. The molecule has 0 aliphatic rings. The number of rotatable bonds is 7. The maximum absolute atomic E-state index is 11.0. The number of hydrogen-bond donors (Lipinski definition) is 1. The molecule has 25 heavy (non-hydrogen) atoms. The van der Waals surface area contributed by atoms with E-state index in [2.05, 4.69) is 43.1 Å². The van der Waals surface area contributed by atoms with Crippen molar-refractivity contribution in [3.63, 3.8) is 0 Å². The summed E-state index contributed by atoms with van der Waals surface area (Å²) >= 11 is 1.29. The first-order chi connectivity index (χ1) is 11.7. The van der Waals surface area contributed by atoms with Crippen LogP contribution in [0.4, 0.5) is 0 Å². The van der Waals surface area contributed by atoms with E-state index in [1.54, 1.807) is 0 Å². The van der Waals surface area contributed by atoms with Crippen molar-refractivity contribution in [1.29, 1.82) is 0 Å². The minimum atomic E-state index is -0.375. The predicted molar refractivity (Wildman–Crippen MR) is 99.8 cm³/mol. The number of nitrogens with two attached hydrogens (primary N) is 1. The van der Waals surface area contributed by atoms with Gasteiger partial charge in [-0.05, 0) is 37.0 Å². The van der Waals surface area contributed by atoms with Crippen LogP contribution in [-0.4, -0.2) is 26.4 Å². The number of carbonyl (C=O) groups is 1. The minimum absolute atomic E-state index is 0.110. The van der Waals surface area contributed by atoms with Gasteiger partial charge >= 0.3 is 0 Å². The monoisotopic (exact) mass is 362 g/mol. The zero-order chi connectivity index (χ0) is 18.6. The summed E-state index contributed by atoms with van der Waals surface area (Å²) in [7, 11) is 0. The van der Waals surface area contributed by atoms with Crippen LogP contribution in [0.1, 0.15) is 52.1 Å². The molecule has 1 atom stereocenters. The predicted octanol–water partition coefficient (Wildman–Crippen LogP) is 3.31. The van der Waals surface area contributed by atoms with E-state index < -0.39 is 0 Å². The second-order valence-corrected chi connectivity index (χ2v) is 7.82. The Bertz CT molecular complexity index is 720. The molecule has 2 rings (SSSR count). The van der Waals surface area contributed by atoms with Crippen LogP contribution in [0.15, 0.2) is 29.4 Å². The second kappa shape index (κ2) is 7.91. The molecular weight excluding hydrogens is 336 g/mol. The van der Waals surface area contributed by atoms with Crippen LogP contribution in [0.25, 0.3) is 0 Å². The van der Waals surface area contributed by atoms with E-state index in [-0.39, 0.29) is 23.2 Å². The molecule has 2 N–H and O–H groups in total. The number of hydrogen-bond acceptors (Lipinski definition) is 5. The number of amides is 1. The summed E-state index contributed by atoms with van der Waals surface area (Å²) in [6, 6.07) is 8.13. The highest BCUT2D eigenvalue weighted by Crippen LogP contribution is 2.27. The average molecular weight is 362 g/mol. The minimum Gasteiger partial charge on any atom is -0.483 e. The summed E-state index contributed by atoms with van der Waals surface area (Å²) in [5.41, 5.74) is 6.57. The van der Waals surface area contributed by atoms with Gasteiger partial charge in [-0.2, -0.15) is 0 Å². The Morgan fingerprint density at radius 1 is 1.28 bits per heavy atom. The molecule has 0 aliphatic heterocycles. The van der Waals surface area contributed by atoms with Crippen LogP contribution in [0.5, 0.6) is 5.75 Å². The number of carbonyl (C=O) groups excluding carboxylic acids is 1. The van der Waals surface area contributed by atoms with Crippen molar-refractivity contribution in [2.24, 2.45) is 5.73 Å². The van der Waals surface area contributed by atoms with E-state index in [4.69, 9.17) is 10.5 Å². The molecule has 136 valence electrons. The Morgan fingerprint density at radius 2 is 1.92 bits per heavy atom. The molecule has 0 saturated heterocycles. The van der Waals surface area contributed by atoms with Gasteiger partial charge in [0.1, 0.15) is 5.75 Å². The van der Waals surface area contributed by atoms with Crippen molar-refractivity contribution in [3.8, 4) is 5.75 Å². The van der Waals surface area contributed by atoms with Crippen molar-refractivity contribution >= 4 is 17.7 Å². The van der Waals surface area contributed by atoms with Crippen LogP contribution in [0.2, 0.25) is 0 Å². The maximum atomic E-state index is 11.0. The molecule has 0 saturated carbocycles. The Hall–Kier alpha value is -2.02. The molecule has 7 heteroatoms.